The van der Waals surface area contributed by atoms with Crippen LogP contribution in [0.25, 0.3) is 21.5 Å². The number of rotatable bonds is 5. The van der Waals surface area contributed by atoms with Crippen LogP contribution in [0.2, 0.25) is 0 Å². The zero-order valence-corrected chi connectivity index (χ0v) is 16.1. The second-order valence-corrected chi connectivity index (χ2v) is 7.58. The molecule has 0 amide bonds. The Morgan fingerprint density at radius 3 is 2.65 bits per heavy atom. The first-order valence-corrected chi connectivity index (χ1v) is 9.63. The highest BCUT2D eigenvalue weighted by atomic mass is 32.1. The summed E-state index contributed by atoms with van der Waals surface area (Å²) in [7, 11) is 1.96. The van der Waals surface area contributed by atoms with Crippen LogP contribution in [0, 0.1) is 13.8 Å². The fraction of sp³-hybridized carbons (Fsp3) is 0.238. The SMILES string of the molecule is Cc1nn(C)cc1CNCc1cc2cccc(C)c2nc1-c1cccs1. The molecule has 4 rings (SSSR count). The number of thiophene rings is 1. The summed E-state index contributed by atoms with van der Waals surface area (Å²) in [4.78, 5) is 6.23. The molecule has 1 aromatic carbocycles. The van der Waals surface area contributed by atoms with Gasteiger partial charge in [-0.1, -0.05) is 24.3 Å². The molecule has 26 heavy (non-hydrogen) atoms. The summed E-state index contributed by atoms with van der Waals surface area (Å²) >= 11 is 1.74. The molecule has 0 fully saturated rings. The zero-order chi connectivity index (χ0) is 18.1. The van der Waals surface area contributed by atoms with Crippen LogP contribution in [0.1, 0.15) is 22.4 Å². The first-order chi connectivity index (χ1) is 12.6. The molecule has 4 aromatic rings. The van der Waals surface area contributed by atoms with Crippen molar-refractivity contribution in [2.75, 3.05) is 0 Å². The minimum absolute atomic E-state index is 0.776. The van der Waals surface area contributed by atoms with Crippen LogP contribution in [-0.2, 0) is 20.1 Å². The molecular formula is C21H22N4S. The third kappa shape index (κ3) is 3.28. The summed E-state index contributed by atoms with van der Waals surface area (Å²) in [5.41, 5.74) is 6.92. The molecule has 0 unspecified atom stereocenters. The van der Waals surface area contributed by atoms with Crippen LogP contribution in [0.3, 0.4) is 0 Å². The Bertz CT molecular complexity index is 1050. The normalized spacial score (nSPS) is 11.3. The van der Waals surface area contributed by atoms with E-state index in [1.165, 1.54) is 27.0 Å². The molecule has 0 spiro atoms. The molecule has 0 saturated heterocycles. The van der Waals surface area contributed by atoms with Crippen molar-refractivity contribution < 1.29 is 0 Å². The summed E-state index contributed by atoms with van der Waals surface area (Å²) < 4.78 is 1.86. The maximum Gasteiger partial charge on any atom is 0.0854 e. The van der Waals surface area contributed by atoms with Gasteiger partial charge in [-0.25, -0.2) is 4.98 Å². The lowest BCUT2D eigenvalue weighted by molar-refractivity contribution is 0.690. The van der Waals surface area contributed by atoms with Crippen LogP contribution in [0.5, 0.6) is 0 Å². The molecule has 0 aliphatic heterocycles. The summed E-state index contributed by atoms with van der Waals surface area (Å²) in [5.74, 6) is 0. The van der Waals surface area contributed by atoms with Crippen molar-refractivity contribution in [3.8, 4) is 10.6 Å². The van der Waals surface area contributed by atoms with E-state index in [1.54, 1.807) is 11.3 Å². The van der Waals surface area contributed by atoms with Gasteiger partial charge in [-0.05, 0) is 42.5 Å². The van der Waals surface area contributed by atoms with Crippen molar-refractivity contribution >= 4 is 22.2 Å². The highest BCUT2D eigenvalue weighted by molar-refractivity contribution is 7.13. The lowest BCUT2D eigenvalue weighted by atomic mass is 10.1. The van der Waals surface area contributed by atoms with Gasteiger partial charge in [0.2, 0.25) is 0 Å². The van der Waals surface area contributed by atoms with Gasteiger partial charge in [-0.3, -0.25) is 4.68 Å². The third-order valence-electron chi connectivity index (χ3n) is 4.63. The second kappa shape index (κ2) is 7.02. The van der Waals surface area contributed by atoms with Crippen molar-refractivity contribution in [1.29, 1.82) is 0 Å². The van der Waals surface area contributed by atoms with Gasteiger partial charge in [-0.15, -0.1) is 11.3 Å². The van der Waals surface area contributed by atoms with Gasteiger partial charge in [0.1, 0.15) is 0 Å². The van der Waals surface area contributed by atoms with Crippen LogP contribution < -0.4 is 5.32 Å². The molecule has 0 aliphatic rings. The quantitative estimate of drug-likeness (QED) is 0.564. The van der Waals surface area contributed by atoms with E-state index in [2.05, 4.69) is 72.2 Å². The van der Waals surface area contributed by atoms with Crippen molar-refractivity contribution in [1.82, 2.24) is 20.1 Å². The van der Waals surface area contributed by atoms with Gasteiger partial charge < -0.3 is 5.32 Å². The van der Waals surface area contributed by atoms with E-state index in [0.29, 0.717) is 0 Å². The zero-order valence-electron chi connectivity index (χ0n) is 15.3. The van der Waals surface area contributed by atoms with Gasteiger partial charge in [0.05, 0.1) is 21.8 Å². The monoisotopic (exact) mass is 362 g/mol. The Hall–Kier alpha value is -2.50. The number of para-hydroxylation sites is 1. The van der Waals surface area contributed by atoms with Crippen LogP contribution in [-0.4, -0.2) is 14.8 Å². The predicted octanol–water partition coefficient (Wildman–Crippen LogP) is 4.60. The molecule has 1 N–H and O–H groups in total. The Labute approximate surface area is 157 Å². The Kier molecular flexibility index (Phi) is 4.57. The number of fused-ring (bicyclic) bond motifs is 1. The van der Waals surface area contributed by atoms with Crippen LogP contribution in [0.15, 0.2) is 48.0 Å². The number of benzene rings is 1. The molecule has 0 aliphatic carbocycles. The van der Waals surface area contributed by atoms with Gasteiger partial charge >= 0.3 is 0 Å². The van der Waals surface area contributed by atoms with Crippen molar-refractivity contribution in [3.63, 3.8) is 0 Å². The highest BCUT2D eigenvalue weighted by Crippen LogP contribution is 2.30. The number of nitrogens with one attached hydrogen (secondary N) is 1. The molecule has 5 heteroatoms. The van der Waals surface area contributed by atoms with E-state index in [9.17, 15) is 0 Å². The lowest BCUT2D eigenvalue weighted by Gasteiger charge is -2.12. The smallest absolute Gasteiger partial charge is 0.0854 e. The molecule has 0 bridgehead atoms. The maximum atomic E-state index is 5.02. The molecule has 3 heterocycles. The molecule has 0 radical (unpaired) electrons. The number of aryl methyl sites for hydroxylation is 3. The molecule has 0 atom stereocenters. The summed E-state index contributed by atoms with van der Waals surface area (Å²) in [6.45, 7) is 5.75. The fourth-order valence-electron chi connectivity index (χ4n) is 3.31. The lowest BCUT2D eigenvalue weighted by Crippen LogP contribution is -2.14. The van der Waals surface area contributed by atoms with Gasteiger partial charge in [0.25, 0.3) is 0 Å². The average molecular weight is 363 g/mol. The van der Waals surface area contributed by atoms with E-state index < -0.39 is 0 Å². The standard InChI is InChI=1S/C21H22N4S/c1-14-6-4-7-16-10-17(11-22-12-18-13-25(3)24-15(18)2)21(23-20(14)16)19-8-5-9-26-19/h4-10,13,22H,11-12H2,1-3H3. The maximum absolute atomic E-state index is 5.02. The van der Waals surface area contributed by atoms with Crippen molar-refractivity contribution in [3.05, 3.63) is 70.4 Å². The molecular weight excluding hydrogens is 340 g/mol. The number of hydrogen-bond donors (Lipinski definition) is 1. The minimum Gasteiger partial charge on any atom is -0.308 e. The van der Waals surface area contributed by atoms with Crippen molar-refractivity contribution in [2.45, 2.75) is 26.9 Å². The highest BCUT2D eigenvalue weighted by Gasteiger charge is 2.12. The van der Waals surface area contributed by atoms with E-state index in [4.69, 9.17) is 4.98 Å². The molecule has 4 nitrogen and oxygen atoms in total. The Morgan fingerprint density at radius 2 is 1.92 bits per heavy atom. The molecule has 0 saturated carbocycles. The Morgan fingerprint density at radius 1 is 1.08 bits per heavy atom. The van der Waals surface area contributed by atoms with Gasteiger partial charge in [0, 0.05) is 37.3 Å². The number of aromatic nitrogens is 3. The molecule has 132 valence electrons. The van der Waals surface area contributed by atoms with Crippen LogP contribution >= 0.6 is 11.3 Å². The summed E-state index contributed by atoms with van der Waals surface area (Å²) in [6.07, 6.45) is 2.07. The van der Waals surface area contributed by atoms with E-state index in [-0.39, 0.29) is 0 Å². The van der Waals surface area contributed by atoms with Crippen molar-refractivity contribution in [2.24, 2.45) is 7.05 Å². The second-order valence-electron chi connectivity index (χ2n) is 6.64. The topological polar surface area (TPSA) is 42.7 Å². The average Bonchev–Trinajstić information content (AvgIpc) is 3.25. The van der Waals surface area contributed by atoms with E-state index in [1.807, 2.05) is 11.7 Å². The van der Waals surface area contributed by atoms with Gasteiger partial charge in [0.15, 0.2) is 0 Å². The largest absolute Gasteiger partial charge is 0.308 e. The predicted molar refractivity (Wildman–Crippen MR) is 108 cm³/mol. The number of nitrogens with zero attached hydrogens (tertiary/aromatic N) is 3. The summed E-state index contributed by atoms with van der Waals surface area (Å²) in [5, 5.41) is 11.3. The minimum atomic E-state index is 0.776. The Balaban J connectivity index is 1.66. The van der Waals surface area contributed by atoms with Gasteiger partial charge in [-0.2, -0.15) is 5.10 Å². The first-order valence-electron chi connectivity index (χ1n) is 8.75. The van der Waals surface area contributed by atoms with E-state index in [0.717, 1.165) is 30.0 Å². The first kappa shape index (κ1) is 16.9. The number of pyridine rings is 1. The molecule has 3 aromatic heterocycles. The van der Waals surface area contributed by atoms with E-state index >= 15 is 0 Å². The summed E-state index contributed by atoms with van der Waals surface area (Å²) in [6, 6.07) is 12.9. The van der Waals surface area contributed by atoms with Crippen LogP contribution in [0.4, 0.5) is 0 Å². The number of hydrogen-bond acceptors (Lipinski definition) is 4. The third-order valence-corrected chi connectivity index (χ3v) is 5.50. The fourth-order valence-corrected chi connectivity index (χ4v) is 4.06.